The zero-order valence-corrected chi connectivity index (χ0v) is 10.1. The Labute approximate surface area is 96.9 Å². The molecule has 0 aliphatic carbocycles. The van der Waals surface area contributed by atoms with Gasteiger partial charge in [-0.2, -0.15) is 0 Å². The first-order chi connectivity index (χ1) is 7.72. The van der Waals surface area contributed by atoms with E-state index in [0.717, 1.165) is 23.8 Å². The van der Waals surface area contributed by atoms with Crippen LogP contribution in [0.4, 0.5) is 5.95 Å². The molecule has 0 aromatic carbocycles. The van der Waals surface area contributed by atoms with Gasteiger partial charge in [-0.3, -0.25) is 0 Å². The van der Waals surface area contributed by atoms with Crippen molar-refractivity contribution in [1.29, 1.82) is 0 Å². The first-order valence-corrected chi connectivity index (χ1v) is 6.01. The van der Waals surface area contributed by atoms with Gasteiger partial charge in [0.25, 0.3) is 0 Å². The topological polar surface area (TPSA) is 55.0 Å². The molecule has 4 heteroatoms. The van der Waals surface area contributed by atoms with Crippen LogP contribution in [0, 0.1) is 6.92 Å². The van der Waals surface area contributed by atoms with Crippen LogP contribution in [-0.2, 0) is 6.54 Å². The number of anilines is 1. The van der Waals surface area contributed by atoms with E-state index in [1.54, 1.807) is 0 Å². The Hall–Kier alpha value is -1.16. The van der Waals surface area contributed by atoms with Crippen molar-refractivity contribution in [1.82, 2.24) is 9.97 Å². The van der Waals surface area contributed by atoms with E-state index in [-0.39, 0.29) is 0 Å². The predicted molar refractivity (Wildman–Crippen MR) is 65.3 cm³/mol. The van der Waals surface area contributed by atoms with E-state index >= 15 is 0 Å². The molecule has 2 N–H and O–H groups in total. The summed E-state index contributed by atoms with van der Waals surface area (Å²) in [6.45, 7) is 5.83. The molecule has 0 amide bonds. The van der Waals surface area contributed by atoms with E-state index in [1.165, 1.54) is 19.3 Å². The van der Waals surface area contributed by atoms with Crippen molar-refractivity contribution in [2.24, 2.45) is 5.73 Å². The number of hydrogen-bond donors (Lipinski definition) is 1. The number of hydrogen-bond acceptors (Lipinski definition) is 4. The third kappa shape index (κ3) is 2.16. The molecular formula is C12H20N4. The summed E-state index contributed by atoms with van der Waals surface area (Å²) in [6.07, 6.45) is 5.66. The lowest BCUT2D eigenvalue weighted by molar-refractivity contribution is 0.476. The Morgan fingerprint density at radius 2 is 2.31 bits per heavy atom. The van der Waals surface area contributed by atoms with Crippen molar-refractivity contribution in [2.45, 2.75) is 45.7 Å². The minimum atomic E-state index is 0.516. The Morgan fingerprint density at radius 1 is 1.50 bits per heavy atom. The van der Waals surface area contributed by atoms with Gasteiger partial charge < -0.3 is 10.6 Å². The largest absolute Gasteiger partial charge is 0.338 e. The number of rotatable bonds is 2. The maximum Gasteiger partial charge on any atom is 0.225 e. The van der Waals surface area contributed by atoms with Crippen LogP contribution in [0.5, 0.6) is 0 Å². The fourth-order valence-electron chi connectivity index (χ4n) is 2.21. The van der Waals surface area contributed by atoms with Crippen molar-refractivity contribution in [3.05, 3.63) is 17.5 Å². The van der Waals surface area contributed by atoms with Crippen molar-refractivity contribution in [3.8, 4) is 0 Å². The summed E-state index contributed by atoms with van der Waals surface area (Å²) < 4.78 is 0. The van der Waals surface area contributed by atoms with Gasteiger partial charge in [0.1, 0.15) is 0 Å². The van der Waals surface area contributed by atoms with Crippen LogP contribution in [0.2, 0.25) is 0 Å². The van der Waals surface area contributed by atoms with Crippen LogP contribution >= 0.6 is 0 Å². The second-order valence-corrected chi connectivity index (χ2v) is 4.52. The number of nitrogens with two attached hydrogens (primary N) is 1. The lowest BCUT2D eigenvalue weighted by Gasteiger charge is -2.33. The van der Waals surface area contributed by atoms with Crippen LogP contribution in [0.15, 0.2) is 6.20 Å². The van der Waals surface area contributed by atoms with Crippen LogP contribution < -0.4 is 10.6 Å². The maximum atomic E-state index is 5.61. The van der Waals surface area contributed by atoms with Crippen molar-refractivity contribution < 1.29 is 0 Å². The van der Waals surface area contributed by atoms with E-state index in [4.69, 9.17) is 5.73 Å². The number of nitrogens with zero attached hydrogens (tertiary/aromatic N) is 3. The number of piperidine rings is 1. The van der Waals surface area contributed by atoms with Gasteiger partial charge in [-0.15, -0.1) is 0 Å². The zero-order valence-electron chi connectivity index (χ0n) is 10.1. The summed E-state index contributed by atoms with van der Waals surface area (Å²) >= 11 is 0. The van der Waals surface area contributed by atoms with Gasteiger partial charge in [-0.1, -0.05) is 0 Å². The number of aryl methyl sites for hydroxylation is 1. The zero-order chi connectivity index (χ0) is 11.5. The molecular weight excluding hydrogens is 200 g/mol. The van der Waals surface area contributed by atoms with Gasteiger partial charge in [-0.05, 0) is 33.1 Å². The Kier molecular flexibility index (Phi) is 3.39. The summed E-state index contributed by atoms with van der Waals surface area (Å²) in [7, 11) is 0. The highest BCUT2D eigenvalue weighted by Crippen LogP contribution is 2.21. The van der Waals surface area contributed by atoms with E-state index < -0.39 is 0 Å². The molecule has 0 spiro atoms. The molecule has 1 aliphatic heterocycles. The van der Waals surface area contributed by atoms with Crippen LogP contribution in [-0.4, -0.2) is 22.6 Å². The molecule has 1 fully saturated rings. The molecule has 1 atom stereocenters. The molecule has 2 heterocycles. The second-order valence-electron chi connectivity index (χ2n) is 4.52. The molecule has 0 saturated carbocycles. The van der Waals surface area contributed by atoms with Crippen LogP contribution in [0.25, 0.3) is 0 Å². The van der Waals surface area contributed by atoms with Gasteiger partial charge in [0, 0.05) is 36.6 Å². The summed E-state index contributed by atoms with van der Waals surface area (Å²) in [4.78, 5) is 11.3. The normalized spacial score (nSPS) is 21.2. The lowest BCUT2D eigenvalue weighted by atomic mass is 10.0. The van der Waals surface area contributed by atoms with Crippen molar-refractivity contribution in [3.63, 3.8) is 0 Å². The van der Waals surface area contributed by atoms with E-state index in [2.05, 4.69) is 21.8 Å². The Balaban J connectivity index is 2.22. The maximum absolute atomic E-state index is 5.61. The first-order valence-electron chi connectivity index (χ1n) is 6.01. The lowest BCUT2D eigenvalue weighted by Crippen LogP contribution is -2.38. The summed E-state index contributed by atoms with van der Waals surface area (Å²) in [5.41, 5.74) is 7.65. The minimum absolute atomic E-state index is 0.516. The molecule has 1 aliphatic rings. The first kappa shape index (κ1) is 11.3. The molecule has 1 unspecified atom stereocenters. The predicted octanol–water partition coefficient (Wildman–Crippen LogP) is 1.62. The highest BCUT2D eigenvalue weighted by atomic mass is 15.3. The highest BCUT2D eigenvalue weighted by Gasteiger charge is 2.20. The van der Waals surface area contributed by atoms with Gasteiger partial charge in [0.2, 0.25) is 5.95 Å². The molecule has 4 nitrogen and oxygen atoms in total. The quantitative estimate of drug-likeness (QED) is 0.823. The number of aromatic nitrogens is 2. The van der Waals surface area contributed by atoms with Crippen LogP contribution in [0.1, 0.15) is 37.4 Å². The standard InChI is InChI=1S/C12H20N4/c1-9-5-3-4-6-16(9)12-14-8-11(7-13)10(2)15-12/h8-9H,3-7,13H2,1-2H3. The van der Waals surface area contributed by atoms with E-state index in [9.17, 15) is 0 Å². The van der Waals surface area contributed by atoms with Gasteiger partial charge in [0.05, 0.1) is 0 Å². The monoisotopic (exact) mass is 220 g/mol. The highest BCUT2D eigenvalue weighted by molar-refractivity contribution is 5.34. The smallest absolute Gasteiger partial charge is 0.225 e. The summed E-state index contributed by atoms with van der Waals surface area (Å²) in [5.74, 6) is 0.863. The van der Waals surface area contributed by atoms with Crippen molar-refractivity contribution in [2.75, 3.05) is 11.4 Å². The minimum Gasteiger partial charge on any atom is -0.338 e. The van der Waals surface area contributed by atoms with Gasteiger partial charge in [0.15, 0.2) is 0 Å². The SMILES string of the molecule is Cc1nc(N2CCCCC2C)ncc1CN. The Bertz CT molecular complexity index is 364. The van der Waals surface area contributed by atoms with Gasteiger partial charge in [-0.25, -0.2) is 9.97 Å². The van der Waals surface area contributed by atoms with E-state index in [0.29, 0.717) is 12.6 Å². The van der Waals surface area contributed by atoms with Crippen molar-refractivity contribution >= 4 is 5.95 Å². The molecule has 88 valence electrons. The Morgan fingerprint density at radius 3 is 2.94 bits per heavy atom. The van der Waals surface area contributed by atoms with Gasteiger partial charge >= 0.3 is 0 Å². The van der Waals surface area contributed by atoms with Crippen LogP contribution in [0.3, 0.4) is 0 Å². The molecule has 1 aromatic heterocycles. The molecule has 1 saturated heterocycles. The molecule has 16 heavy (non-hydrogen) atoms. The average molecular weight is 220 g/mol. The van der Waals surface area contributed by atoms with E-state index in [1.807, 2.05) is 13.1 Å². The second kappa shape index (κ2) is 4.78. The fraction of sp³-hybridized carbons (Fsp3) is 0.667. The fourth-order valence-corrected chi connectivity index (χ4v) is 2.21. The molecule has 0 bridgehead atoms. The third-order valence-electron chi connectivity index (χ3n) is 3.35. The molecule has 2 rings (SSSR count). The summed E-state index contributed by atoms with van der Waals surface area (Å²) in [5, 5.41) is 0. The average Bonchev–Trinajstić information content (AvgIpc) is 2.29. The molecule has 0 radical (unpaired) electrons. The molecule has 1 aromatic rings. The third-order valence-corrected chi connectivity index (χ3v) is 3.35. The summed E-state index contributed by atoms with van der Waals surface area (Å²) in [6, 6.07) is 0.553.